The second kappa shape index (κ2) is 8.91. The van der Waals surface area contributed by atoms with Gasteiger partial charge in [0.1, 0.15) is 13.2 Å². The molecule has 1 aliphatic heterocycles. The van der Waals surface area contributed by atoms with Crippen LogP contribution in [0.5, 0.6) is 11.5 Å². The molecule has 0 spiro atoms. The molecule has 2 rings (SSSR count). The molecule has 1 heterocycles. The molecule has 8 nitrogen and oxygen atoms in total. The van der Waals surface area contributed by atoms with Gasteiger partial charge in [-0.15, -0.1) is 0 Å². The summed E-state index contributed by atoms with van der Waals surface area (Å²) in [6.07, 6.45) is 0.731. The molecular formula is C17H22N2O6. The number of nitrogens with one attached hydrogen (secondary N) is 2. The van der Waals surface area contributed by atoms with Crippen LogP contribution in [0.25, 0.3) is 0 Å². The van der Waals surface area contributed by atoms with Crippen LogP contribution in [-0.4, -0.2) is 43.8 Å². The lowest BCUT2D eigenvalue weighted by Gasteiger charge is -2.18. The van der Waals surface area contributed by atoms with Crippen molar-refractivity contribution in [2.45, 2.75) is 32.7 Å². The van der Waals surface area contributed by atoms with Crippen molar-refractivity contribution in [2.24, 2.45) is 0 Å². The Labute approximate surface area is 145 Å². The van der Waals surface area contributed by atoms with Crippen LogP contribution in [0.1, 0.15) is 25.8 Å². The van der Waals surface area contributed by atoms with Gasteiger partial charge in [0.2, 0.25) is 0 Å². The number of esters is 1. The number of fused-ring (bicyclic) bond motifs is 1. The number of hydrogen-bond acceptors (Lipinski definition) is 6. The highest BCUT2D eigenvalue weighted by molar-refractivity contribution is 5.95. The van der Waals surface area contributed by atoms with Gasteiger partial charge in [0.05, 0.1) is 6.42 Å². The second-order valence-corrected chi connectivity index (χ2v) is 5.65. The molecule has 0 unspecified atom stereocenters. The Kier molecular flexibility index (Phi) is 6.62. The van der Waals surface area contributed by atoms with Crippen LogP contribution >= 0.6 is 0 Å². The van der Waals surface area contributed by atoms with Gasteiger partial charge in [-0.25, -0.2) is 4.79 Å². The number of benzene rings is 1. The highest BCUT2D eigenvalue weighted by atomic mass is 16.6. The Hall–Kier alpha value is -2.77. The standard InChI is InChI=1S/C17H22N2O6/c1-3-11(2)18-17(22)19-15(20)10-25-16(21)9-12-4-5-13-14(8-12)24-7-6-23-13/h4-5,8,11H,3,6-7,9-10H2,1-2H3,(H2,18,19,20,22)/t11-/m0/s1. The smallest absolute Gasteiger partial charge is 0.321 e. The number of amides is 3. The number of hydrogen-bond donors (Lipinski definition) is 2. The van der Waals surface area contributed by atoms with E-state index in [2.05, 4.69) is 10.6 Å². The van der Waals surface area contributed by atoms with E-state index < -0.39 is 24.5 Å². The van der Waals surface area contributed by atoms with Crippen molar-refractivity contribution < 1.29 is 28.6 Å². The molecule has 0 bridgehead atoms. The topological polar surface area (TPSA) is 103 Å². The molecule has 8 heteroatoms. The molecule has 136 valence electrons. The molecule has 1 aliphatic rings. The van der Waals surface area contributed by atoms with Crippen LogP contribution in [0, 0.1) is 0 Å². The third kappa shape index (κ3) is 5.98. The zero-order valence-electron chi connectivity index (χ0n) is 14.3. The molecule has 0 fully saturated rings. The van der Waals surface area contributed by atoms with Crippen LogP contribution < -0.4 is 20.1 Å². The van der Waals surface area contributed by atoms with Crippen LogP contribution in [-0.2, 0) is 20.7 Å². The van der Waals surface area contributed by atoms with Crippen molar-refractivity contribution in [3.05, 3.63) is 23.8 Å². The Morgan fingerprint density at radius 2 is 1.92 bits per heavy atom. The molecular weight excluding hydrogens is 328 g/mol. The minimum absolute atomic E-state index is 0.0109. The van der Waals surface area contributed by atoms with E-state index in [1.165, 1.54) is 0 Å². The lowest BCUT2D eigenvalue weighted by Crippen LogP contribution is -2.44. The van der Waals surface area contributed by atoms with Crippen LogP contribution in [0.2, 0.25) is 0 Å². The molecule has 1 aromatic carbocycles. The van der Waals surface area contributed by atoms with Gasteiger partial charge in [-0.2, -0.15) is 0 Å². The third-order valence-corrected chi connectivity index (χ3v) is 3.56. The Morgan fingerprint density at radius 3 is 2.64 bits per heavy atom. The first-order chi connectivity index (χ1) is 12.0. The maximum absolute atomic E-state index is 11.8. The highest BCUT2D eigenvalue weighted by Crippen LogP contribution is 2.30. The van der Waals surface area contributed by atoms with Crippen molar-refractivity contribution in [3.8, 4) is 11.5 Å². The number of carbonyl (C=O) groups excluding carboxylic acids is 3. The van der Waals surface area contributed by atoms with Crippen molar-refractivity contribution in [3.63, 3.8) is 0 Å². The number of carbonyl (C=O) groups is 3. The maximum atomic E-state index is 11.8. The van der Waals surface area contributed by atoms with E-state index in [9.17, 15) is 14.4 Å². The molecule has 2 N–H and O–H groups in total. The van der Waals surface area contributed by atoms with E-state index in [-0.39, 0.29) is 12.5 Å². The quantitative estimate of drug-likeness (QED) is 0.747. The normalized spacial score (nSPS) is 13.5. The average Bonchev–Trinajstić information content (AvgIpc) is 2.59. The minimum atomic E-state index is -0.684. The van der Waals surface area contributed by atoms with E-state index in [4.69, 9.17) is 14.2 Å². The van der Waals surface area contributed by atoms with Crippen LogP contribution in [0.3, 0.4) is 0 Å². The summed E-state index contributed by atoms with van der Waals surface area (Å²) in [4.78, 5) is 34.9. The van der Waals surface area contributed by atoms with E-state index >= 15 is 0 Å². The summed E-state index contributed by atoms with van der Waals surface area (Å²) in [7, 11) is 0. The molecule has 1 atom stereocenters. The Bertz CT molecular complexity index is 646. The van der Waals surface area contributed by atoms with E-state index in [0.717, 1.165) is 6.42 Å². The molecule has 0 aromatic heterocycles. The van der Waals surface area contributed by atoms with Gasteiger partial charge in [-0.3, -0.25) is 14.9 Å². The van der Waals surface area contributed by atoms with Crippen LogP contribution in [0.15, 0.2) is 18.2 Å². The average molecular weight is 350 g/mol. The summed E-state index contributed by atoms with van der Waals surface area (Å²) in [5, 5.41) is 4.68. The van der Waals surface area contributed by atoms with Gasteiger partial charge in [-0.1, -0.05) is 13.0 Å². The minimum Gasteiger partial charge on any atom is -0.486 e. The van der Waals surface area contributed by atoms with Crippen LogP contribution in [0.4, 0.5) is 4.79 Å². The molecule has 1 aromatic rings. The van der Waals surface area contributed by atoms with E-state index in [1.54, 1.807) is 18.2 Å². The fourth-order valence-corrected chi connectivity index (χ4v) is 2.09. The van der Waals surface area contributed by atoms with Gasteiger partial charge in [0.15, 0.2) is 18.1 Å². The molecule has 0 radical (unpaired) electrons. The summed E-state index contributed by atoms with van der Waals surface area (Å²) in [6, 6.07) is 4.50. The van der Waals surface area contributed by atoms with Crippen molar-refractivity contribution in [1.82, 2.24) is 10.6 Å². The molecule has 3 amide bonds. The van der Waals surface area contributed by atoms with Gasteiger partial charge in [0.25, 0.3) is 5.91 Å². The summed E-state index contributed by atoms with van der Waals surface area (Å²) in [6.45, 7) is 4.16. The maximum Gasteiger partial charge on any atom is 0.321 e. The Morgan fingerprint density at radius 1 is 1.20 bits per heavy atom. The monoisotopic (exact) mass is 350 g/mol. The van der Waals surface area contributed by atoms with Gasteiger partial charge < -0.3 is 19.5 Å². The van der Waals surface area contributed by atoms with E-state index in [0.29, 0.717) is 30.3 Å². The van der Waals surface area contributed by atoms with Gasteiger partial charge >= 0.3 is 12.0 Å². The number of imide groups is 1. The fraction of sp³-hybridized carbons (Fsp3) is 0.471. The molecule has 0 saturated carbocycles. The summed E-state index contributed by atoms with van der Waals surface area (Å²) >= 11 is 0. The lowest BCUT2D eigenvalue weighted by atomic mass is 10.1. The first-order valence-corrected chi connectivity index (χ1v) is 8.12. The van der Waals surface area contributed by atoms with Gasteiger partial charge in [0, 0.05) is 6.04 Å². The summed E-state index contributed by atoms with van der Waals surface area (Å²) in [5.74, 6) is -0.0448. The predicted octanol–water partition coefficient (Wildman–Crippen LogP) is 1.17. The number of urea groups is 1. The highest BCUT2D eigenvalue weighted by Gasteiger charge is 2.15. The Balaban J connectivity index is 1.75. The first-order valence-electron chi connectivity index (χ1n) is 8.12. The molecule has 0 aliphatic carbocycles. The zero-order valence-corrected chi connectivity index (χ0v) is 14.3. The fourth-order valence-electron chi connectivity index (χ4n) is 2.09. The summed E-state index contributed by atoms with van der Waals surface area (Å²) < 4.78 is 15.7. The predicted molar refractivity (Wildman–Crippen MR) is 88.5 cm³/mol. The summed E-state index contributed by atoms with van der Waals surface area (Å²) in [5.41, 5.74) is 0.684. The molecule has 0 saturated heterocycles. The first kappa shape index (κ1) is 18.6. The van der Waals surface area contributed by atoms with Crippen molar-refractivity contribution >= 4 is 17.9 Å². The SMILES string of the molecule is CC[C@H](C)NC(=O)NC(=O)COC(=O)Cc1ccc2c(c1)OCCO2. The van der Waals surface area contributed by atoms with Crippen molar-refractivity contribution in [2.75, 3.05) is 19.8 Å². The van der Waals surface area contributed by atoms with E-state index in [1.807, 2.05) is 13.8 Å². The third-order valence-electron chi connectivity index (χ3n) is 3.56. The lowest BCUT2D eigenvalue weighted by molar-refractivity contribution is -0.147. The zero-order chi connectivity index (χ0) is 18.2. The second-order valence-electron chi connectivity index (χ2n) is 5.65. The molecule has 25 heavy (non-hydrogen) atoms. The number of ether oxygens (including phenoxy) is 3. The van der Waals surface area contributed by atoms with Crippen molar-refractivity contribution in [1.29, 1.82) is 0 Å². The van der Waals surface area contributed by atoms with Gasteiger partial charge in [-0.05, 0) is 31.0 Å². The number of rotatable bonds is 6. The largest absolute Gasteiger partial charge is 0.486 e.